The molecule has 2 heteroatoms. The monoisotopic (exact) mass is 138 g/mol. The molecule has 0 fully saturated rings. The Morgan fingerprint density at radius 1 is 1.44 bits per heavy atom. The third-order valence-electron chi connectivity index (χ3n) is 1.47. The Hall–Kier alpha value is -0.680. The van der Waals surface area contributed by atoms with Crippen LogP contribution in [0.25, 0.3) is 10.7 Å². The van der Waals surface area contributed by atoms with Crippen LogP contribution in [0.3, 0.4) is 0 Å². The number of aryl methyl sites for hydroxylation is 1. The molecule has 0 amide bonds. The molecule has 0 radical (unpaired) electrons. The second-order valence-corrected chi connectivity index (χ2v) is 3.10. The third-order valence-corrected chi connectivity index (χ3v) is 2.39. The molecular weight excluding hydrogens is 131 g/mol. The van der Waals surface area contributed by atoms with Crippen LogP contribution in [0.5, 0.6) is 0 Å². The molecule has 0 saturated carbocycles. The van der Waals surface area contributed by atoms with Crippen LogP contribution in [-0.4, -0.2) is 0 Å². The fourth-order valence-electron chi connectivity index (χ4n) is 0.928. The Labute approximate surface area is 54.9 Å². The van der Waals surface area contributed by atoms with Crippen LogP contribution in [0.4, 0.5) is 0 Å². The number of para-hydroxylation sites is 1. The van der Waals surface area contributed by atoms with E-state index in [2.05, 4.69) is 25.1 Å². The van der Waals surface area contributed by atoms with Gasteiger partial charge in [-0.05, 0) is 18.6 Å². The highest BCUT2D eigenvalue weighted by Gasteiger charge is 1.99. The third kappa shape index (κ3) is 0.617. The van der Waals surface area contributed by atoms with E-state index >= 15 is 0 Å². The van der Waals surface area contributed by atoms with Gasteiger partial charge in [0.1, 0.15) is 5.58 Å². The van der Waals surface area contributed by atoms with E-state index in [0.717, 1.165) is 5.58 Å². The number of benzene rings is 1. The average molecular weight is 138 g/mol. The van der Waals surface area contributed by atoms with Crippen LogP contribution in [0, 0.1) is 6.92 Å². The minimum atomic E-state index is 0.588. The Morgan fingerprint density at radius 3 is 2.78 bits per heavy atom. The van der Waals surface area contributed by atoms with Crippen LogP contribution in [0.2, 0.25) is 0 Å². The summed E-state index contributed by atoms with van der Waals surface area (Å²) in [5.74, 6) is 0. The van der Waals surface area contributed by atoms with Crippen molar-refractivity contribution in [1.82, 2.24) is 0 Å². The topological polar surface area (TPSA) is 13.1 Å². The van der Waals surface area contributed by atoms with Gasteiger partial charge in [0.25, 0.3) is 0 Å². The second-order valence-electron chi connectivity index (χ2n) is 2.16. The predicted octanol–water partition coefficient (Wildman–Crippen LogP) is 2.77. The normalized spacial score (nSPS) is 11.7. The van der Waals surface area contributed by atoms with Crippen LogP contribution in [-0.2, 0) is 0 Å². The van der Waals surface area contributed by atoms with E-state index in [-0.39, 0.29) is 0 Å². The molecule has 1 atom stereocenters. The van der Waals surface area contributed by atoms with Gasteiger partial charge in [-0.15, -0.1) is 0 Å². The van der Waals surface area contributed by atoms with Crippen LogP contribution in [0.1, 0.15) is 5.56 Å². The fraction of sp³-hybridized carbons (Fsp3) is 0.143. The van der Waals surface area contributed by atoms with E-state index in [9.17, 15) is 0 Å². The Morgan fingerprint density at radius 2 is 2.33 bits per heavy atom. The highest BCUT2D eigenvalue weighted by atomic mass is 31.1. The van der Waals surface area contributed by atoms with Gasteiger partial charge in [0.15, 0.2) is 0 Å². The van der Waals surface area contributed by atoms with Crippen molar-refractivity contribution in [2.24, 2.45) is 0 Å². The number of hydrogen-bond donors (Lipinski definition) is 0. The molecule has 0 aliphatic rings. The van der Waals surface area contributed by atoms with Gasteiger partial charge in [-0.25, -0.2) is 0 Å². The molecule has 46 valence electrons. The SMILES string of the molecule is Cc1cccc2[pH]oc12. The molecule has 9 heavy (non-hydrogen) atoms. The maximum Gasteiger partial charge on any atom is 0.146 e. The summed E-state index contributed by atoms with van der Waals surface area (Å²) in [5.41, 5.74) is 2.36. The highest BCUT2D eigenvalue weighted by Crippen LogP contribution is 2.31. The summed E-state index contributed by atoms with van der Waals surface area (Å²) in [6.45, 7) is 2.07. The van der Waals surface area contributed by atoms with Crippen LogP contribution >= 0.6 is 8.43 Å². The molecule has 0 aliphatic heterocycles. The first-order valence-electron chi connectivity index (χ1n) is 2.90. The zero-order valence-corrected chi connectivity index (χ0v) is 6.14. The molecule has 1 aromatic carbocycles. The lowest BCUT2D eigenvalue weighted by Crippen LogP contribution is -1.74. The van der Waals surface area contributed by atoms with Crippen molar-refractivity contribution in [3.63, 3.8) is 0 Å². The zero-order valence-electron chi connectivity index (χ0n) is 5.14. The Bertz CT molecular complexity index is 318. The highest BCUT2D eigenvalue weighted by molar-refractivity contribution is 7.32. The molecule has 0 saturated heterocycles. The maximum atomic E-state index is 5.23. The van der Waals surface area contributed by atoms with Gasteiger partial charge < -0.3 is 4.20 Å². The molecule has 0 spiro atoms. The van der Waals surface area contributed by atoms with E-state index in [1.54, 1.807) is 0 Å². The fourth-order valence-corrected chi connectivity index (χ4v) is 1.77. The van der Waals surface area contributed by atoms with Gasteiger partial charge in [0.05, 0.1) is 5.12 Å². The van der Waals surface area contributed by atoms with Crippen molar-refractivity contribution in [1.29, 1.82) is 0 Å². The van der Waals surface area contributed by atoms with Gasteiger partial charge in [-0.2, -0.15) is 0 Å². The first-order valence-corrected chi connectivity index (χ1v) is 3.81. The van der Waals surface area contributed by atoms with Crippen molar-refractivity contribution in [3.05, 3.63) is 23.8 Å². The van der Waals surface area contributed by atoms with Gasteiger partial charge in [0, 0.05) is 8.43 Å². The minimum absolute atomic E-state index is 0.588. The molecule has 1 heterocycles. The Balaban J connectivity index is 2.86. The van der Waals surface area contributed by atoms with Crippen molar-refractivity contribution < 1.29 is 4.20 Å². The molecule has 0 N–H and O–H groups in total. The largest absolute Gasteiger partial charge is 0.452 e. The molecule has 1 aromatic heterocycles. The van der Waals surface area contributed by atoms with Crippen LogP contribution < -0.4 is 0 Å². The maximum absolute atomic E-state index is 5.23. The van der Waals surface area contributed by atoms with E-state index in [4.69, 9.17) is 4.20 Å². The van der Waals surface area contributed by atoms with Gasteiger partial charge in [0.2, 0.25) is 0 Å². The second kappa shape index (κ2) is 1.65. The summed E-state index contributed by atoms with van der Waals surface area (Å²) >= 11 is 0. The molecule has 1 unspecified atom stereocenters. The average Bonchev–Trinajstić information content (AvgIpc) is 1.74. The lowest BCUT2D eigenvalue weighted by molar-refractivity contribution is 0.735. The number of rotatable bonds is 0. The summed E-state index contributed by atoms with van der Waals surface area (Å²) in [6, 6.07) is 6.26. The standard InChI is InChI=1S/C7H7OP/c1-5-3-2-4-6-7(5)8-9-6/h2-4,9H,1H3. The quantitative estimate of drug-likeness (QED) is 0.545. The minimum Gasteiger partial charge on any atom is -0.452 e. The first kappa shape index (κ1) is 5.13. The summed E-state index contributed by atoms with van der Waals surface area (Å²) < 4.78 is 5.23. The summed E-state index contributed by atoms with van der Waals surface area (Å²) in [7, 11) is 0.588. The molecule has 0 bridgehead atoms. The first-order chi connectivity index (χ1) is 4.38. The van der Waals surface area contributed by atoms with Crippen molar-refractivity contribution in [2.75, 3.05) is 0 Å². The smallest absolute Gasteiger partial charge is 0.146 e. The van der Waals surface area contributed by atoms with Gasteiger partial charge in [-0.1, -0.05) is 12.1 Å². The zero-order chi connectivity index (χ0) is 6.27. The van der Waals surface area contributed by atoms with E-state index in [1.807, 2.05) is 0 Å². The summed E-state index contributed by atoms with van der Waals surface area (Å²) in [4.78, 5) is 0. The Kier molecular flexibility index (Phi) is 0.940. The van der Waals surface area contributed by atoms with Crippen LogP contribution in [0.15, 0.2) is 22.4 Å². The summed E-state index contributed by atoms with van der Waals surface area (Å²) in [5, 5.41) is 1.37. The number of hydrogen-bond acceptors (Lipinski definition) is 1. The van der Waals surface area contributed by atoms with E-state index < -0.39 is 0 Å². The molecular formula is C7H7OP. The summed E-state index contributed by atoms with van der Waals surface area (Å²) in [6.07, 6.45) is 0. The lowest BCUT2D eigenvalue weighted by atomic mass is 10.2. The van der Waals surface area contributed by atoms with Gasteiger partial charge >= 0.3 is 0 Å². The van der Waals surface area contributed by atoms with E-state index in [1.165, 1.54) is 10.7 Å². The molecule has 0 aliphatic carbocycles. The van der Waals surface area contributed by atoms with Gasteiger partial charge in [-0.3, -0.25) is 0 Å². The number of fused-ring (bicyclic) bond motifs is 1. The molecule has 1 nitrogen and oxygen atoms in total. The van der Waals surface area contributed by atoms with Crippen molar-refractivity contribution >= 4 is 19.1 Å². The predicted molar refractivity (Wildman–Crippen MR) is 40.5 cm³/mol. The molecule has 2 aromatic rings. The van der Waals surface area contributed by atoms with E-state index in [0.29, 0.717) is 8.43 Å². The van der Waals surface area contributed by atoms with Crippen molar-refractivity contribution in [3.8, 4) is 0 Å². The lowest BCUT2D eigenvalue weighted by Gasteiger charge is -2.01. The molecule has 2 rings (SSSR count). The van der Waals surface area contributed by atoms with Crippen molar-refractivity contribution in [2.45, 2.75) is 6.92 Å².